The quantitative estimate of drug-likeness (QED) is 0.542. The van der Waals surface area contributed by atoms with Crippen LogP contribution in [0.5, 0.6) is 11.5 Å². The van der Waals surface area contributed by atoms with Crippen molar-refractivity contribution in [2.24, 2.45) is 0 Å². The fourth-order valence-corrected chi connectivity index (χ4v) is 3.79. The molecule has 0 fully saturated rings. The van der Waals surface area contributed by atoms with E-state index in [0.717, 1.165) is 26.7 Å². The van der Waals surface area contributed by atoms with E-state index in [4.69, 9.17) is 13.9 Å². The summed E-state index contributed by atoms with van der Waals surface area (Å²) in [6.07, 6.45) is 1.70. The Kier molecular flexibility index (Phi) is 2.88. The van der Waals surface area contributed by atoms with E-state index >= 15 is 0 Å². The number of para-hydroxylation sites is 1. The Morgan fingerprint density at radius 3 is 2.92 bits per heavy atom. The molecular formula is C19H11BrO4. The number of hydrogen-bond donors (Lipinski definition) is 0. The molecule has 1 unspecified atom stereocenters. The first-order chi connectivity index (χ1) is 11.7. The highest BCUT2D eigenvalue weighted by Gasteiger charge is 2.36. The van der Waals surface area contributed by atoms with E-state index in [9.17, 15) is 4.79 Å². The standard InChI is InChI=1S/C19H11BrO4/c20-11-5-6-14-13(7-11)16-10(8-22-14)9-23-18-12-3-1-2-4-15(12)24-19(21)17(16)18/h1-7,9,16H,8H2. The Morgan fingerprint density at radius 1 is 1.12 bits per heavy atom. The Bertz CT molecular complexity index is 1080. The van der Waals surface area contributed by atoms with Crippen molar-refractivity contribution in [3.8, 4) is 11.5 Å². The van der Waals surface area contributed by atoms with Crippen molar-refractivity contribution in [3.63, 3.8) is 0 Å². The molecule has 0 bridgehead atoms. The van der Waals surface area contributed by atoms with E-state index in [2.05, 4.69) is 15.9 Å². The van der Waals surface area contributed by atoms with Gasteiger partial charge >= 0.3 is 5.63 Å². The smallest absolute Gasteiger partial charge is 0.344 e. The molecular weight excluding hydrogens is 372 g/mol. The highest BCUT2D eigenvalue weighted by molar-refractivity contribution is 9.10. The Morgan fingerprint density at radius 2 is 2.00 bits per heavy atom. The highest BCUT2D eigenvalue weighted by atomic mass is 79.9. The number of ether oxygens (including phenoxy) is 2. The zero-order valence-corrected chi connectivity index (χ0v) is 14.0. The number of hydrogen-bond acceptors (Lipinski definition) is 4. The van der Waals surface area contributed by atoms with Gasteiger partial charge in [0, 0.05) is 15.6 Å². The summed E-state index contributed by atoms with van der Waals surface area (Å²) in [5.41, 5.74) is 2.55. The largest absolute Gasteiger partial charge is 0.489 e. The predicted molar refractivity (Wildman–Crippen MR) is 92.7 cm³/mol. The first kappa shape index (κ1) is 13.9. The SMILES string of the molecule is O=c1oc2ccccc2c2c1C1C(=CO2)COc2ccc(Br)cc21. The molecule has 0 amide bonds. The normalized spacial score (nSPS) is 17.9. The topological polar surface area (TPSA) is 48.7 Å². The Hall–Kier alpha value is -2.53. The predicted octanol–water partition coefficient (Wildman–Crippen LogP) is 4.36. The molecule has 118 valence electrons. The second-order valence-electron chi connectivity index (χ2n) is 5.84. The van der Waals surface area contributed by atoms with Crippen LogP contribution in [0.15, 0.2) is 68.0 Å². The first-order valence-electron chi connectivity index (χ1n) is 7.56. The molecule has 0 radical (unpaired) electrons. The van der Waals surface area contributed by atoms with Crippen molar-refractivity contribution >= 4 is 26.9 Å². The van der Waals surface area contributed by atoms with E-state index in [1.165, 1.54) is 0 Å². The summed E-state index contributed by atoms with van der Waals surface area (Å²) in [5.74, 6) is 1.14. The van der Waals surface area contributed by atoms with Crippen molar-refractivity contribution in [2.45, 2.75) is 5.92 Å². The maximum Gasteiger partial charge on any atom is 0.344 e. The minimum absolute atomic E-state index is 0.212. The molecule has 0 aliphatic carbocycles. The van der Waals surface area contributed by atoms with Gasteiger partial charge in [-0.25, -0.2) is 4.79 Å². The molecule has 0 saturated heterocycles. The van der Waals surface area contributed by atoms with Crippen LogP contribution in [-0.4, -0.2) is 6.61 Å². The summed E-state index contributed by atoms with van der Waals surface area (Å²) >= 11 is 3.50. The third kappa shape index (κ3) is 1.88. The number of halogens is 1. The van der Waals surface area contributed by atoms with Gasteiger partial charge in [-0.2, -0.15) is 0 Å². The van der Waals surface area contributed by atoms with Gasteiger partial charge in [-0.3, -0.25) is 0 Å². The van der Waals surface area contributed by atoms with Crippen LogP contribution in [0.25, 0.3) is 11.0 Å². The minimum atomic E-state index is -0.368. The minimum Gasteiger partial charge on any atom is -0.489 e. The highest BCUT2D eigenvalue weighted by Crippen LogP contribution is 2.47. The average Bonchev–Trinajstić information content (AvgIpc) is 2.61. The number of rotatable bonds is 0. The van der Waals surface area contributed by atoms with Crippen LogP contribution in [0.2, 0.25) is 0 Å². The van der Waals surface area contributed by atoms with Gasteiger partial charge in [0.1, 0.15) is 23.7 Å². The molecule has 2 aromatic carbocycles. The monoisotopic (exact) mass is 382 g/mol. The lowest BCUT2D eigenvalue weighted by molar-refractivity contribution is 0.307. The molecule has 2 aliphatic heterocycles. The molecule has 3 heterocycles. The molecule has 3 aromatic rings. The maximum atomic E-state index is 12.7. The van der Waals surface area contributed by atoms with Crippen molar-refractivity contribution in [2.75, 3.05) is 6.61 Å². The van der Waals surface area contributed by atoms with Crippen molar-refractivity contribution in [1.29, 1.82) is 0 Å². The van der Waals surface area contributed by atoms with Gasteiger partial charge < -0.3 is 13.9 Å². The molecule has 5 rings (SSSR count). The molecule has 24 heavy (non-hydrogen) atoms. The molecule has 1 aromatic heterocycles. The fourth-order valence-electron chi connectivity index (χ4n) is 3.41. The van der Waals surface area contributed by atoms with Gasteiger partial charge in [0.05, 0.1) is 23.1 Å². The van der Waals surface area contributed by atoms with E-state index in [1.807, 2.05) is 36.4 Å². The molecule has 2 aliphatic rings. The third-order valence-corrected chi connectivity index (χ3v) is 4.96. The molecule has 1 atom stereocenters. The van der Waals surface area contributed by atoms with E-state index in [-0.39, 0.29) is 11.5 Å². The number of benzene rings is 2. The zero-order chi connectivity index (χ0) is 16.3. The van der Waals surface area contributed by atoms with Gasteiger partial charge in [-0.05, 0) is 30.3 Å². The maximum absolute atomic E-state index is 12.7. The lowest BCUT2D eigenvalue weighted by atomic mass is 9.82. The lowest BCUT2D eigenvalue weighted by Crippen LogP contribution is -2.27. The zero-order valence-electron chi connectivity index (χ0n) is 12.4. The van der Waals surface area contributed by atoms with Gasteiger partial charge in [0.2, 0.25) is 0 Å². The molecule has 4 nitrogen and oxygen atoms in total. The fraction of sp³-hybridized carbons (Fsp3) is 0.105. The molecule has 0 spiro atoms. The van der Waals surface area contributed by atoms with Gasteiger partial charge in [-0.1, -0.05) is 28.1 Å². The second-order valence-corrected chi connectivity index (χ2v) is 6.76. The van der Waals surface area contributed by atoms with E-state index in [0.29, 0.717) is 23.5 Å². The summed E-state index contributed by atoms with van der Waals surface area (Å²) in [4.78, 5) is 12.7. The van der Waals surface area contributed by atoms with Gasteiger partial charge in [0.25, 0.3) is 0 Å². The average molecular weight is 383 g/mol. The molecule has 0 N–H and O–H groups in total. The van der Waals surface area contributed by atoms with Crippen LogP contribution in [-0.2, 0) is 0 Å². The van der Waals surface area contributed by atoms with Crippen LogP contribution in [0.4, 0.5) is 0 Å². The second kappa shape index (κ2) is 4.98. The molecule has 0 saturated carbocycles. The van der Waals surface area contributed by atoms with Crippen molar-refractivity contribution < 1.29 is 13.9 Å². The summed E-state index contributed by atoms with van der Waals surface area (Å²) in [7, 11) is 0. The van der Waals surface area contributed by atoms with Crippen LogP contribution >= 0.6 is 15.9 Å². The van der Waals surface area contributed by atoms with Gasteiger partial charge in [-0.15, -0.1) is 0 Å². The third-order valence-electron chi connectivity index (χ3n) is 4.46. The Labute approximate surface area is 145 Å². The summed E-state index contributed by atoms with van der Waals surface area (Å²) < 4.78 is 18.1. The van der Waals surface area contributed by atoms with E-state index < -0.39 is 0 Å². The summed E-state index contributed by atoms with van der Waals surface area (Å²) in [5, 5.41) is 0.797. The van der Waals surface area contributed by atoms with Crippen molar-refractivity contribution in [1.82, 2.24) is 0 Å². The van der Waals surface area contributed by atoms with Crippen LogP contribution < -0.4 is 15.1 Å². The summed E-state index contributed by atoms with van der Waals surface area (Å²) in [6, 6.07) is 13.2. The summed E-state index contributed by atoms with van der Waals surface area (Å²) in [6.45, 7) is 0.394. The molecule has 5 heteroatoms. The van der Waals surface area contributed by atoms with Gasteiger partial charge in [0.15, 0.2) is 0 Å². The Balaban J connectivity index is 1.85. The lowest BCUT2D eigenvalue weighted by Gasteiger charge is -2.32. The van der Waals surface area contributed by atoms with Crippen molar-refractivity contribution in [3.05, 3.63) is 80.3 Å². The van der Waals surface area contributed by atoms with Crippen LogP contribution in [0.1, 0.15) is 17.0 Å². The number of fused-ring (bicyclic) bond motifs is 7. The van der Waals surface area contributed by atoms with E-state index in [1.54, 1.807) is 12.3 Å². The van der Waals surface area contributed by atoms with Crippen LogP contribution in [0.3, 0.4) is 0 Å². The van der Waals surface area contributed by atoms with Crippen LogP contribution in [0, 0.1) is 0 Å². The first-order valence-corrected chi connectivity index (χ1v) is 8.35.